The van der Waals surface area contributed by atoms with E-state index in [1.54, 1.807) is 123 Å². The summed E-state index contributed by atoms with van der Waals surface area (Å²) in [4.78, 5) is 114. The summed E-state index contributed by atoms with van der Waals surface area (Å²) in [6.07, 6.45) is 12.5. The van der Waals surface area contributed by atoms with E-state index in [2.05, 4.69) is 114 Å². The monoisotopic (exact) mass is 1490 g/mol. The van der Waals surface area contributed by atoms with E-state index in [9.17, 15) is 47.1 Å². The number of hydrogen-bond donors (Lipinski definition) is 10. The smallest absolute Gasteiger partial charge is 0.271 e. The van der Waals surface area contributed by atoms with E-state index in [1.165, 1.54) is 68.1 Å². The van der Waals surface area contributed by atoms with Crippen LogP contribution in [0.15, 0.2) is 256 Å². The van der Waals surface area contributed by atoms with E-state index in [-0.39, 0.29) is 90.9 Å². The van der Waals surface area contributed by atoms with Crippen molar-refractivity contribution < 1.29 is 28.0 Å². The van der Waals surface area contributed by atoms with Crippen LogP contribution in [0.4, 0.5) is 43.0 Å². The molecule has 5 aromatic heterocycles. The molecule has 0 bridgehead atoms. The van der Waals surface area contributed by atoms with Gasteiger partial charge in [-0.1, -0.05) is 173 Å². The average molecular weight is 1490 g/mol. The van der Waals surface area contributed by atoms with Crippen LogP contribution in [0.1, 0.15) is 164 Å². The van der Waals surface area contributed by atoms with Gasteiger partial charge in [-0.15, -0.1) is 0 Å². The van der Waals surface area contributed by atoms with Crippen molar-refractivity contribution in [2.75, 3.05) is 39.4 Å². The summed E-state index contributed by atoms with van der Waals surface area (Å²) >= 11 is 0. The normalized spacial score (nSPS) is 12.1. The van der Waals surface area contributed by atoms with Gasteiger partial charge in [0.15, 0.2) is 0 Å². The fourth-order valence-electron chi connectivity index (χ4n) is 12.1. The molecule has 7 aromatic carbocycles. The van der Waals surface area contributed by atoms with Gasteiger partial charge >= 0.3 is 0 Å². The Bertz CT molecular complexity index is 5330. The molecule has 5 heterocycles. The Morgan fingerprint density at radius 3 is 0.991 bits per heavy atom. The molecular formula is C90H91F2N11O8. The Labute approximate surface area is 642 Å². The van der Waals surface area contributed by atoms with Crippen LogP contribution in [-0.2, 0) is 16.2 Å². The molecule has 0 atom stereocenters. The van der Waals surface area contributed by atoms with E-state index >= 15 is 0 Å². The maximum Gasteiger partial charge on any atom is 0.271 e. The minimum Gasteiger partial charge on any atom is -0.399 e. The zero-order valence-electron chi connectivity index (χ0n) is 63.7. The number of nitrogen functional groups attached to an aromatic ring is 1. The van der Waals surface area contributed by atoms with Crippen molar-refractivity contribution in [2.45, 2.75) is 117 Å². The van der Waals surface area contributed by atoms with Crippen molar-refractivity contribution in [1.29, 1.82) is 0 Å². The van der Waals surface area contributed by atoms with Gasteiger partial charge in [-0.3, -0.25) is 38.4 Å². The number of carbonyl (C=O) groups excluding carboxylic acids is 4. The first-order valence-electron chi connectivity index (χ1n) is 36.5. The summed E-state index contributed by atoms with van der Waals surface area (Å²) in [7, 11) is 1.79. The molecule has 0 aliphatic heterocycles. The summed E-state index contributed by atoms with van der Waals surface area (Å²) in [5.41, 5.74) is 18.1. The summed E-state index contributed by atoms with van der Waals surface area (Å²) in [5, 5.41) is 13.7. The van der Waals surface area contributed by atoms with Crippen LogP contribution in [0.25, 0.3) is 44.6 Å². The molecule has 21 heteroatoms. The maximum absolute atomic E-state index is 13.1. The second kappa shape index (κ2) is 35.7. The third-order valence-corrected chi connectivity index (χ3v) is 18.8. The number of aromatic amines is 4. The predicted molar refractivity (Wildman–Crippen MR) is 441 cm³/mol. The number of rotatable bonds is 14. The lowest BCUT2D eigenvalue weighted by Crippen LogP contribution is -2.20. The third kappa shape index (κ3) is 22.0. The SMILES string of the molecule is CC(C)(C)c1ccc(C(=O)Nc2cc(-c3ccc(F)cc3)c[nH]c2=O)cc1.CC(C)(C)c1ccc(C(=O)Nc2cc(-c3ccc(N)cc3)c[nH]c2=O)cc1.CNc1cccc(-c2c[nH]c(=O)c(NC(=O)c3ccc(C(C)(C)C)cc3)c2)n1.O=C(Nc1cc(-c2ccc(F)cc2)c[nH]c1=O)c1ccc(C2CCCCC2)cc1. The van der Waals surface area contributed by atoms with Crippen LogP contribution in [0.3, 0.4) is 0 Å². The highest BCUT2D eigenvalue weighted by molar-refractivity contribution is 6.06. The van der Waals surface area contributed by atoms with Gasteiger partial charge in [0.25, 0.3) is 45.9 Å². The molecule has 0 unspecified atom stereocenters. The number of nitrogens with zero attached hydrogens (tertiary/aromatic N) is 1. The van der Waals surface area contributed by atoms with Gasteiger partial charge in [0.1, 0.15) is 40.2 Å². The lowest BCUT2D eigenvalue weighted by Gasteiger charge is -2.22. The van der Waals surface area contributed by atoms with E-state index in [0.29, 0.717) is 62.1 Å². The molecule has 568 valence electrons. The van der Waals surface area contributed by atoms with Gasteiger partial charge in [-0.2, -0.15) is 0 Å². The van der Waals surface area contributed by atoms with Crippen LogP contribution in [0.5, 0.6) is 0 Å². The number of hydrogen-bond acceptors (Lipinski definition) is 11. The Kier molecular flexibility index (Phi) is 25.8. The van der Waals surface area contributed by atoms with Crippen molar-refractivity contribution in [1.82, 2.24) is 24.9 Å². The lowest BCUT2D eigenvalue weighted by atomic mass is 9.84. The molecule has 13 rings (SSSR count). The van der Waals surface area contributed by atoms with Crippen molar-refractivity contribution in [2.24, 2.45) is 0 Å². The fourth-order valence-corrected chi connectivity index (χ4v) is 12.1. The second-order valence-electron chi connectivity index (χ2n) is 30.1. The van der Waals surface area contributed by atoms with Crippen molar-refractivity contribution >= 4 is 57.9 Å². The van der Waals surface area contributed by atoms with Crippen molar-refractivity contribution in [3.63, 3.8) is 0 Å². The molecule has 1 fully saturated rings. The van der Waals surface area contributed by atoms with Crippen LogP contribution in [0, 0.1) is 11.6 Å². The molecule has 111 heavy (non-hydrogen) atoms. The third-order valence-electron chi connectivity index (χ3n) is 18.8. The second-order valence-corrected chi connectivity index (χ2v) is 30.1. The van der Waals surface area contributed by atoms with Crippen LogP contribution < -0.4 is 54.6 Å². The number of anilines is 6. The first-order chi connectivity index (χ1) is 52.8. The summed E-state index contributed by atoms with van der Waals surface area (Å²) in [6, 6.07) is 61.0. The Balaban J connectivity index is 0.000000157. The first kappa shape index (κ1) is 80.4. The molecule has 1 aliphatic carbocycles. The number of nitrogens with two attached hydrogens (primary N) is 1. The van der Waals surface area contributed by atoms with Gasteiger partial charge in [-0.25, -0.2) is 13.8 Å². The first-order valence-corrected chi connectivity index (χ1v) is 36.5. The molecule has 0 spiro atoms. The lowest BCUT2D eigenvalue weighted by molar-refractivity contribution is 0.101. The van der Waals surface area contributed by atoms with E-state index in [4.69, 9.17) is 5.73 Å². The summed E-state index contributed by atoms with van der Waals surface area (Å²) in [6.45, 7) is 19.0. The number of nitrogens with one attached hydrogen (secondary N) is 9. The van der Waals surface area contributed by atoms with Crippen LogP contribution in [0.2, 0.25) is 0 Å². The zero-order valence-corrected chi connectivity index (χ0v) is 63.7. The topological polar surface area (TPSA) is 299 Å². The number of aromatic nitrogens is 5. The minimum atomic E-state index is -0.402. The fraction of sp³-hybridized carbons (Fsp3) is 0.211. The largest absolute Gasteiger partial charge is 0.399 e. The van der Waals surface area contributed by atoms with Crippen LogP contribution >= 0.6 is 0 Å². The Morgan fingerprint density at radius 1 is 0.378 bits per heavy atom. The number of carbonyl (C=O) groups is 4. The van der Waals surface area contributed by atoms with Gasteiger partial charge in [0, 0.05) is 82.0 Å². The van der Waals surface area contributed by atoms with Gasteiger partial charge < -0.3 is 52.3 Å². The molecule has 11 N–H and O–H groups in total. The van der Waals surface area contributed by atoms with E-state index < -0.39 is 5.56 Å². The molecule has 4 amide bonds. The zero-order chi connectivity index (χ0) is 79.7. The predicted octanol–water partition coefficient (Wildman–Crippen LogP) is 18.4. The van der Waals surface area contributed by atoms with Crippen LogP contribution in [-0.4, -0.2) is 55.6 Å². The summed E-state index contributed by atoms with van der Waals surface area (Å²) in [5.74, 6) is -0.724. The van der Waals surface area contributed by atoms with Crippen molar-refractivity contribution in [3.8, 4) is 44.6 Å². The minimum absolute atomic E-state index is 0.00432. The Morgan fingerprint density at radius 2 is 0.676 bits per heavy atom. The van der Waals surface area contributed by atoms with Crippen molar-refractivity contribution in [3.05, 3.63) is 335 Å². The quantitative estimate of drug-likeness (QED) is 0.0457. The highest BCUT2D eigenvalue weighted by Gasteiger charge is 2.21. The van der Waals surface area contributed by atoms with Gasteiger partial charge in [0.05, 0.1) is 5.69 Å². The highest BCUT2D eigenvalue weighted by atomic mass is 19.1. The van der Waals surface area contributed by atoms with Gasteiger partial charge in [0.2, 0.25) is 0 Å². The molecule has 0 saturated heterocycles. The standard InChI is InChI=1S/C24H23FN2O2.C22H21FN2O2.C22H24N4O2.C22H23N3O2/c25-21-12-10-18(11-13-21)20-14-22(24(29)26-15-20)27-23(28)19-8-6-17(7-9-19)16-4-2-1-3-5-16;1-22(2,3)17-8-4-15(5-9-17)20(26)25-19-12-16(13-24-21(19)27)14-6-10-18(23)11-7-14;1-22(2,3)16-10-8-14(9-11-16)20(27)26-18-12-15(13-24-21(18)28)17-6-5-7-19(23-4)25-17;1-22(2,3)17-8-4-15(5-9-17)20(26)25-19-12-16(13-24-21(19)27)14-6-10-18(23)11-7-14/h6-16H,1-5H2,(H,26,29)(H,27,28);4-13H,1-3H3,(H,24,27)(H,25,26);5-13H,1-4H3,(H,23,25)(H,24,28)(H,26,27);4-13H,23H2,1-3H3,(H,24,27)(H,25,26). The average Bonchev–Trinajstić information content (AvgIpc) is 0.841. The highest BCUT2D eigenvalue weighted by Crippen LogP contribution is 2.34. The van der Waals surface area contributed by atoms with Gasteiger partial charge in [-0.05, 0) is 195 Å². The molecule has 0 radical (unpaired) electrons. The molecular weight excluding hydrogens is 1400 g/mol. The number of amides is 4. The number of benzene rings is 7. The molecule has 12 aromatic rings. The number of H-pyrrole nitrogens is 4. The Hall–Kier alpha value is -13.2. The molecule has 19 nitrogen and oxygen atoms in total. The van der Waals surface area contributed by atoms with E-state index in [1.807, 2.05) is 91.0 Å². The molecule has 1 aliphatic rings. The maximum atomic E-state index is 13.1. The summed E-state index contributed by atoms with van der Waals surface area (Å²) < 4.78 is 26.2. The van der Waals surface area contributed by atoms with E-state index in [0.717, 1.165) is 38.9 Å². The molecule has 1 saturated carbocycles. The number of pyridine rings is 5. The number of halogens is 2.